The molecule has 20 heavy (non-hydrogen) atoms. The van der Waals surface area contributed by atoms with Crippen molar-refractivity contribution in [1.82, 2.24) is 15.6 Å². The Labute approximate surface area is 120 Å². The molecule has 0 aliphatic heterocycles. The lowest BCUT2D eigenvalue weighted by atomic mass is 10.3. The van der Waals surface area contributed by atoms with E-state index in [4.69, 9.17) is 4.42 Å². The highest BCUT2D eigenvalue weighted by molar-refractivity contribution is 7.99. The van der Waals surface area contributed by atoms with Crippen LogP contribution >= 0.6 is 11.8 Å². The number of nitrogens with one attached hydrogen (secondary N) is 2. The summed E-state index contributed by atoms with van der Waals surface area (Å²) in [6.07, 6.45) is 0.819. The number of carbonyl (C=O) groups is 2. The minimum atomic E-state index is -0.477. The summed E-state index contributed by atoms with van der Waals surface area (Å²) in [6.45, 7) is 2.47. The van der Waals surface area contributed by atoms with Gasteiger partial charge < -0.3 is 9.73 Å². The van der Waals surface area contributed by atoms with Crippen molar-refractivity contribution in [3.63, 3.8) is 0 Å². The molecule has 0 radical (unpaired) electrons. The number of urea groups is 1. The smallest absolute Gasteiger partial charge is 0.321 e. The number of imide groups is 1. The van der Waals surface area contributed by atoms with Crippen molar-refractivity contribution in [3.05, 3.63) is 24.3 Å². The number of rotatable bonds is 5. The zero-order valence-corrected chi connectivity index (χ0v) is 11.8. The van der Waals surface area contributed by atoms with Crippen LogP contribution < -0.4 is 10.6 Å². The molecule has 2 aromatic rings. The molecule has 0 aliphatic rings. The molecule has 0 fully saturated rings. The molecule has 7 heteroatoms. The minimum Gasteiger partial charge on any atom is -0.431 e. The number of fused-ring (bicyclic) bond motifs is 1. The van der Waals surface area contributed by atoms with Gasteiger partial charge >= 0.3 is 6.03 Å². The average Bonchev–Trinajstić information content (AvgIpc) is 2.85. The van der Waals surface area contributed by atoms with Crippen molar-refractivity contribution in [2.75, 3.05) is 12.3 Å². The second kappa shape index (κ2) is 6.95. The van der Waals surface area contributed by atoms with Crippen LogP contribution in [0.25, 0.3) is 11.1 Å². The highest BCUT2D eigenvalue weighted by Gasteiger charge is 2.11. The van der Waals surface area contributed by atoms with Crippen molar-refractivity contribution in [2.24, 2.45) is 0 Å². The maximum atomic E-state index is 11.5. The fourth-order valence-corrected chi connectivity index (χ4v) is 2.12. The molecule has 2 rings (SSSR count). The molecular formula is C13H15N3O3S. The van der Waals surface area contributed by atoms with Gasteiger partial charge in [0.1, 0.15) is 5.52 Å². The van der Waals surface area contributed by atoms with Gasteiger partial charge in [0, 0.05) is 6.54 Å². The predicted octanol–water partition coefficient (Wildman–Crippen LogP) is 2.16. The summed E-state index contributed by atoms with van der Waals surface area (Å²) in [5.41, 5.74) is 1.42. The monoisotopic (exact) mass is 293 g/mol. The summed E-state index contributed by atoms with van der Waals surface area (Å²) in [4.78, 5) is 27.0. The molecule has 6 nitrogen and oxygen atoms in total. The van der Waals surface area contributed by atoms with Crippen molar-refractivity contribution >= 4 is 34.8 Å². The molecule has 1 aromatic heterocycles. The lowest BCUT2D eigenvalue weighted by Gasteiger charge is -2.04. The Bertz CT molecular complexity index is 579. The summed E-state index contributed by atoms with van der Waals surface area (Å²) < 4.78 is 5.46. The van der Waals surface area contributed by atoms with Gasteiger partial charge in [-0.15, -0.1) is 0 Å². The number of carbonyl (C=O) groups excluding carboxylic acids is 2. The first-order chi connectivity index (χ1) is 9.69. The van der Waals surface area contributed by atoms with Gasteiger partial charge in [-0.2, -0.15) is 0 Å². The number of amides is 3. The Morgan fingerprint density at radius 3 is 2.90 bits per heavy atom. The van der Waals surface area contributed by atoms with Gasteiger partial charge in [0.2, 0.25) is 5.91 Å². The van der Waals surface area contributed by atoms with Crippen LogP contribution in [0.3, 0.4) is 0 Å². The number of benzene rings is 1. The SMILES string of the molecule is CCCNC(=O)NC(=O)CSc1nc2ccccc2o1. The molecule has 0 bridgehead atoms. The van der Waals surface area contributed by atoms with Gasteiger partial charge in [-0.3, -0.25) is 10.1 Å². The molecule has 2 N–H and O–H groups in total. The van der Waals surface area contributed by atoms with E-state index in [1.54, 1.807) is 0 Å². The molecule has 0 spiro atoms. The summed E-state index contributed by atoms with van der Waals surface area (Å²) in [6, 6.07) is 6.89. The van der Waals surface area contributed by atoms with E-state index in [2.05, 4.69) is 15.6 Å². The van der Waals surface area contributed by atoms with E-state index in [0.29, 0.717) is 17.4 Å². The van der Waals surface area contributed by atoms with E-state index in [9.17, 15) is 9.59 Å². The second-order valence-corrected chi connectivity index (χ2v) is 4.97. The third-order valence-corrected chi connectivity index (χ3v) is 3.22. The number of oxazole rings is 1. The van der Waals surface area contributed by atoms with Crippen LogP contribution in [0, 0.1) is 0 Å². The first kappa shape index (κ1) is 14.4. The lowest BCUT2D eigenvalue weighted by Crippen LogP contribution is -2.40. The molecule has 0 saturated carbocycles. The fraction of sp³-hybridized carbons (Fsp3) is 0.308. The molecule has 0 unspecified atom stereocenters. The van der Waals surface area contributed by atoms with Crippen molar-refractivity contribution in [2.45, 2.75) is 18.6 Å². The number of para-hydroxylation sites is 2. The van der Waals surface area contributed by atoms with E-state index in [1.807, 2.05) is 31.2 Å². The normalized spacial score (nSPS) is 10.4. The van der Waals surface area contributed by atoms with Crippen LogP contribution in [0.15, 0.2) is 33.9 Å². The number of thioether (sulfide) groups is 1. The minimum absolute atomic E-state index is 0.0758. The van der Waals surface area contributed by atoms with E-state index < -0.39 is 6.03 Å². The number of hydrogen-bond donors (Lipinski definition) is 2. The highest BCUT2D eigenvalue weighted by atomic mass is 32.2. The molecule has 1 aromatic carbocycles. The van der Waals surface area contributed by atoms with E-state index in [0.717, 1.165) is 23.7 Å². The maximum absolute atomic E-state index is 11.5. The first-order valence-corrected chi connectivity index (χ1v) is 7.23. The quantitative estimate of drug-likeness (QED) is 0.825. The zero-order valence-electron chi connectivity index (χ0n) is 11.0. The molecular weight excluding hydrogens is 278 g/mol. The van der Waals surface area contributed by atoms with Crippen LogP contribution in [-0.2, 0) is 4.79 Å². The van der Waals surface area contributed by atoms with Gasteiger partial charge in [0.25, 0.3) is 5.22 Å². The van der Waals surface area contributed by atoms with Crippen LogP contribution in [0.4, 0.5) is 4.79 Å². The van der Waals surface area contributed by atoms with E-state index in [-0.39, 0.29) is 11.7 Å². The van der Waals surface area contributed by atoms with Crippen molar-refractivity contribution < 1.29 is 14.0 Å². The molecule has 0 atom stereocenters. The zero-order chi connectivity index (χ0) is 14.4. The molecule has 3 amide bonds. The molecule has 0 saturated heterocycles. The highest BCUT2D eigenvalue weighted by Crippen LogP contribution is 2.22. The average molecular weight is 293 g/mol. The molecule has 1 heterocycles. The van der Waals surface area contributed by atoms with Gasteiger partial charge in [0.05, 0.1) is 5.75 Å². The number of aromatic nitrogens is 1. The largest absolute Gasteiger partial charge is 0.431 e. The third kappa shape index (κ3) is 3.99. The maximum Gasteiger partial charge on any atom is 0.321 e. The summed E-state index contributed by atoms with van der Waals surface area (Å²) >= 11 is 1.15. The Hall–Kier alpha value is -2.02. The van der Waals surface area contributed by atoms with Gasteiger partial charge in [-0.25, -0.2) is 9.78 Å². The van der Waals surface area contributed by atoms with Crippen LogP contribution in [0.1, 0.15) is 13.3 Å². The Balaban J connectivity index is 1.82. The van der Waals surface area contributed by atoms with E-state index >= 15 is 0 Å². The van der Waals surface area contributed by atoms with Crippen LogP contribution in [0.5, 0.6) is 0 Å². The van der Waals surface area contributed by atoms with Crippen molar-refractivity contribution in [1.29, 1.82) is 0 Å². The first-order valence-electron chi connectivity index (χ1n) is 6.25. The van der Waals surface area contributed by atoms with Gasteiger partial charge in [-0.05, 0) is 18.6 Å². The Morgan fingerprint density at radius 1 is 1.35 bits per heavy atom. The van der Waals surface area contributed by atoms with Crippen LogP contribution in [0.2, 0.25) is 0 Å². The Morgan fingerprint density at radius 2 is 2.15 bits per heavy atom. The fourth-order valence-electron chi connectivity index (χ4n) is 1.49. The predicted molar refractivity (Wildman–Crippen MR) is 76.6 cm³/mol. The lowest BCUT2D eigenvalue weighted by molar-refractivity contribution is -0.117. The molecule has 0 aliphatic carbocycles. The summed E-state index contributed by atoms with van der Waals surface area (Å²) in [7, 11) is 0. The number of hydrogen-bond acceptors (Lipinski definition) is 5. The standard InChI is InChI=1S/C13H15N3O3S/c1-2-7-14-12(18)16-11(17)8-20-13-15-9-5-3-4-6-10(9)19-13/h3-6H,2,7-8H2,1H3,(H2,14,16,17,18). The Kier molecular flexibility index (Phi) is 5.00. The second-order valence-electron chi connectivity index (χ2n) is 4.04. The molecule has 106 valence electrons. The summed E-state index contributed by atoms with van der Waals surface area (Å²) in [5, 5.41) is 5.22. The topological polar surface area (TPSA) is 84.2 Å². The van der Waals surface area contributed by atoms with Crippen LogP contribution in [-0.4, -0.2) is 29.2 Å². The third-order valence-electron chi connectivity index (χ3n) is 2.39. The number of nitrogens with zero attached hydrogens (tertiary/aromatic N) is 1. The van der Waals surface area contributed by atoms with Gasteiger partial charge in [0.15, 0.2) is 5.58 Å². The van der Waals surface area contributed by atoms with E-state index in [1.165, 1.54) is 0 Å². The van der Waals surface area contributed by atoms with Crippen molar-refractivity contribution in [3.8, 4) is 0 Å². The van der Waals surface area contributed by atoms with Gasteiger partial charge in [-0.1, -0.05) is 30.8 Å². The summed E-state index contributed by atoms with van der Waals surface area (Å²) in [5.74, 6) is -0.308.